The lowest BCUT2D eigenvalue weighted by atomic mass is 10.2. The highest BCUT2D eigenvalue weighted by Crippen LogP contribution is 2.27. The van der Waals surface area contributed by atoms with Gasteiger partial charge in [0.25, 0.3) is 5.91 Å². The second kappa shape index (κ2) is 9.17. The summed E-state index contributed by atoms with van der Waals surface area (Å²) in [6.07, 6.45) is 3.12. The van der Waals surface area contributed by atoms with Gasteiger partial charge in [0.2, 0.25) is 0 Å². The van der Waals surface area contributed by atoms with Crippen LogP contribution in [0.25, 0.3) is 0 Å². The summed E-state index contributed by atoms with van der Waals surface area (Å²) >= 11 is 0. The monoisotopic (exact) mass is 421 g/mol. The van der Waals surface area contributed by atoms with Crippen LogP contribution in [0.15, 0.2) is 77.5 Å². The van der Waals surface area contributed by atoms with Crippen LogP contribution in [0.3, 0.4) is 0 Å². The molecule has 0 aliphatic heterocycles. The number of hydrogen-bond acceptors (Lipinski definition) is 5. The van der Waals surface area contributed by atoms with Crippen molar-refractivity contribution in [1.82, 2.24) is 9.78 Å². The maximum atomic E-state index is 13.8. The van der Waals surface area contributed by atoms with Crippen molar-refractivity contribution in [3.8, 4) is 11.5 Å². The number of halogens is 1. The molecule has 4 rings (SSSR count). The van der Waals surface area contributed by atoms with Gasteiger partial charge >= 0.3 is 0 Å². The minimum absolute atomic E-state index is 0.139. The molecule has 0 aliphatic rings. The van der Waals surface area contributed by atoms with E-state index < -0.39 is 5.91 Å². The maximum absolute atomic E-state index is 13.8. The molecule has 2 aromatic carbocycles. The number of rotatable bonds is 8. The summed E-state index contributed by atoms with van der Waals surface area (Å²) in [5, 5.41) is 6.87. The summed E-state index contributed by atoms with van der Waals surface area (Å²) in [5.74, 6) is 1.09. The molecule has 1 amide bonds. The summed E-state index contributed by atoms with van der Waals surface area (Å²) in [5.41, 5.74) is 0.985. The van der Waals surface area contributed by atoms with Gasteiger partial charge in [0.1, 0.15) is 18.2 Å². The molecule has 0 radical (unpaired) electrons. The molecule has 0 saturated heterocycles. The molecule has 1 N–H and O–H groups in total. The fraction of sp³-hybridized carbons (Fsp3) is 0.130. The Morgan fingerprint density at radius 1 is 1.10 bits per heavy atom. The molecular formula is C23H20FN3O4. The Morgan fingerprint density at radius 2 is 1.87 bits per heavy atom. The zero-order valence-corrected chi connectivity index (χ0v) is 16.7. The predicted octanol–water partition coefficient (Wildman–Crippen LogP) is 4.50. The molecule has 0 spiro atoms. The van der Waals surface area contributed by atoms with Crippen LogP contribution in [0.5, 0.6) is 11.5 Å². The third kappa shape index (κ3) is 4.92. The van der Waals surface area contributed by atoms with Gasteiger partial charge < -0.3 is 19.2 Å². The molecule has 158 valence electrons. The minimum atomic E-state index is -0.422. The van der Waals surface area contributed by atoms with Crippen LogP contribution >= 0.6 is 0 Å². The van der Waals surface area contributed by atoms with Crippen LogP contribution in [-0.2, 0) is 13.2 Å². The van der Waals surface area contributed by atoms with Crippen LogP contribution in [0.2, 0.25) is 0 Å². The normalized spacial score (nSPS) is 10.6. The topological polar surface area (TPSA) is 78.5 Å². The van der Waals surface area contributed by atoms with Crippen LogP contribution in [-0.4, -0.2) is 22.8 Å². The van der Waals surface area contributed by atoms with Crippen LogP contribution in [0, 0.1) is 5.82 Å². The van der Waals surface area contributed by atoms with Crippen molar-refractivity contribution in [3.63, 3.8) is 0 Å². The largest absolute Gasteiger partial charge is 0.493 e. The van der Waals surface area contributed by atoms with Crippen molar-refractivity contribution in [2.75, 3.05) is 12.4 Å². The number of anilines is 1. The number of nitrogens with zero attached hydrogens (tertiary/aromatic N) is 2. The molecule has 8 heteroatoms. The summed E-state index contributed by atoms with van der Waals surface area (Å²) in [7, 11) is 1.57. The van der Waals surface area contributed by atoms with Crippen LogP contribution in [0.1, 0.15) is 21.9 Å². The fourth-order valence-electron chi connectivity index (χ4n) is 2.97. The van der Waals surface area contributed by atoms with E-state index in [0.717, 1.165) is 0 Å². The summed E-state index contributed by atoms with van der Waals surface area (Å²) in [4.78, 5) is 12.5. The van der Waals surface area contributed by atoms with Crippen molar-refractivity contribution in [3.05, 3.63) is 96.0 Å². The van der Waals surface area contributed by atoms with Crippen LogP contribution in [0.4, 0.5) is 10.1 Å². The Kier molecular flexibility index (Phi) is 5.98. The molecule has 4 aromatic rings. The number of furan rings is 1. The summed E-state index contributed by atoms with van der Waals surface area (Å²) in [6, 6.07) is 17.0. The van der Waals surface area contributed by atoms with E-state index in [1.54, 1.807) is 60.5 Å². The van der Waals surface area contributed by atoms with Gasteiger partial charge in [-0.15, -0.1) is 0 Å². The summed E-state index contributed by atoms with van der Waals surface area (Å²) in [6.45, 7) is 0.405. The highest BCUT2D eigenvalue weighted by molar-refractivity contribution is 6.02. The third-order valence-corrected chi connectivity index (χ3v) is 4.51. The highest BCUT2D eigenvalue weighted by atomic mass is 19.1. The number of amides is 1. The van der Waals surface area contributed by atoms with E-state index in [1.165, 1.54) is 12.3 Å². The average molecular weight is 421 g/mol. The van der Waals surface area contributed by atoms with Gasteiger partial charge in [-0.25, -0.2) is 4.39 Å². The van der Waals surface area contributed by atoms with Crippen molar-refractivity contribution < 1.29 is 23.1 Å². The second-order valence-electron chi connectivity index (χ2n) is 6.68. The van der Waals surface area contributed by atoms with Gasteiger partial charge in [0.15, 0.2) is 17.3 Å². The Labute approximate surface area is 178 Å². The molecule has 7 nitrogen and oxygen atoms in total. The van der Waals surface area contributed by atoms with Crippen molar-refractivity contribution in [2.24, 2.45) is 0 Å². The number of aromatic nitrogens is 2. The van der Waals surface area contributed by atoms with E-state index in [-0.39, 0.29) is 24.7 Å². The molecule has 0 atom stereocenters. The van der Waals surface area contributed by atoms with Crippen molar-refractivity contribution in [2.45, 2.75) is 13.2 Å². The van der Waals surface area contributed by atoms with E-state index in [2.05, 4.69) is 10.4 Å². The molecule has 0 fully saturated rings. The molecule has 0 aliphatic carbocycles. The predicted molar refractivity (Wildman–Crippen MR) is 112 cm³/mol. The number of hydrogen-bond donors (Lipinski definition) is 1. The SMILES string of the molecule is COc1ccccc1OCc1ccc(C(=O)Nc2cnn(Cc3ccccc3F)c2)o1. The Balaban J connectivity index is 1.35. The van der Waals surface area contributed by atoms with E-state index in [9.17, 15) is 9.18 Å². The highest BCUT2D eigenvalue weighted by Gasteiger charge is 2.14. The first-order valence-corrected chi connectivity index (χ1v) is 9.54. The number of benzene rings is 2. The van der Waals surface area contributed by atoms with E-state index >= 15 is 0 Å². The zero-order chi connectivity index (χ0) is 21.6. The first-order valence-electron chi connectivity index (χ1n) is 9.54. The third-order valence-electron chi connectivity index (χ3n) is 4.51. The Morgan fingerprint density at radius 3 is 2.68 bits per heavy atom. The number of para-hydroxylation sites is 2. The Hall–Kier alpha value is -4.07. The quantitative estimate of drug-likeness (QED) is 0.453. The van der Waals surface area contributed by atoms with Gasteiger partial charge in [-0.1, -0.05) is 30.3 Å². The lowest BCUT2D eigenvalue weighted by Crippen LogP contribution is -2.10. The Bertz CT molecular complexity index is 1180. The second-order valence-corrected chi connectivity index (χ2v) is 6.68. The molecule has 0 unspecified atom stereocenters. The number of methoxy groups -OCH3 is 1. The number of carbonyl (C=O) groups is 1. The number of ether oxygens (including phenoxy) is 2. The van der Waals surface area contributed by atoms with Gasteiger partial charge in [0.05, 0.1) is 25.5 Å². The average Bonchev–Trinajstić information content (AvgIpc) is 3.44. The number of carbonyl (C=O) groups excluding carboxylic acids is 1. The van der Waals surface area contributed by atoms with Gasteiger partial charge in [-0.3, -0.25) is 9.48 Å². The molecule has 2 heterocycles. The first-order chi connectivity index (χ1) is 15.1. The fourth-order valence-corrected chi connectivity index (χ4v) is 2.97. The first kappa shape index (κ1) is 20.2. The molecule has 0 saturated carbocycles. The van der Waals surface area contributed by atoms with Crippen molar-refractivity contribution in [1.29, 1.82) is 0 Å². The van der Waals surface area contributed by atoms with Crippen molar-refractivity contribution >= 4 is 11.6 Å². The van der Waals surface area contributed by atoms with Gasteiger partial charge in [-0.05, 0) is 30.3 Å². The smallest absolute Gasteiger partial charge is 0.291 e. The maximum Gasteiger partial charge on any atom is 0.291 e. The molecular weight excluding hydrogens is 401 g/mol. The minimum Gasteiger partial charge on any atom is -0.493 e. The van der Waals surface area contributed by atoms with E-state index in [4.69, 9.17) is 13.9 Å². The molecule has 0 bridgehead atoms. The lowest BCUT2D eigenvalue weighted by Gasteiger charge is -2.08. The lowest BCUT2D eigenvalue weighted by molar-refractivity contribution is 0.0992. The number of nitrogens with one attached hydrogen (secondary N) is 1. The van der Waals surface area contributed by atoms with Crippen LogP contribution < -0.4 is 14.8 Å². The standard InChI is InChI=1S/C23H20FN3O4/c1-29-20-8-4-5-9-21(20)30-15-18-10-11-22(31-18)23(28)26-17-12-25-27(14-17)13-16-6-2-3-7-19(16)24/h2-12,14H,13,15H2,1H3,(H,26,28). The molecule has 2 aromatic heterocycles. The zero-order valence-electron chi connectivity index (χ0n) is 16.7. The van der Waals surface area contributed by atoms with Gasteiger partial charge in [-0.2, -0.15) is 5.10 Å². The van der Waals surface area contributed by atoms with E-state index in [1.807, 2.05) is 12.1 Å². The van der Waals surface area contributed by atoms with E-state index in [0.29, 0.717) is 28.5 Å². The van der Waals surface area contributed by atoms with Gasteiger partial charge in [0, 0.05) is 11.8 Å². The summed E-state index contributed by atoms with van der Waals surface area (Å²) < 4.78 is 31.9. The molecule has 31 heavy (non-hydrogen) atoms.